The molecule has 0 aromatic carbocycles. The number of allylic oxidation sites excluding steroid dienone is 4. The van der Waals surface area contributed by atoms with Gasteiger partial charge in [0.2, 0.25) is 0 Å². The summed E-state index contributed by atoms with van der Waals surface area (Å²) in [6.45, 7) is 9.78. The van der Waals surface area contributed by atoms with E-state index in [1.54, 1.807) is 33.6 Å². The van der Waals surface area contributed by atoms with Crippen LogP contribution in [0.2, 0.25) is 0 Å². The lowest BCUT2D eigenvalue weighted by molar-refractivity contribution is -0.697. The van der Waals surface area contributed by atoms with Crippen molar-refractivity contribution >= 4 is 17.7 Å². The van der Waals surface area contributed by atoms with E-state index in [1.807, 2.05) is 30.7 Å². The third kappa shape index (κ3) is 11.5. The number of nitrogens with two attached hydrogens (primary N) is 1. The first-order chi connectivity index (χ1) is 30.3. The standard InChI is InChI=1S/C49H73N3O11.HI/c1-9-33-14-10-15-41(63-43-19-18-40(29(3)59-43)51(5)20-12-22-52-21-11-13-32(27-52)48(50)55)28(2)44(54)39-25-37-35(38(39)26-42(53)61-33)17-16-31-23-34(24-36(31)37)62-49-47(58-8)46(57-7)45(56-6)30(4)60-49;/h11,13,16-17,21,25,27-31,33-38,40-41,43,45-47,49H,9-10,12,14-15,18-20,22-24,26H2,1-8H3,(H-,50,55);1H/t28-,29-,30+,31-,33+,34-,35-,36-,37-,38+,40+,41+,43+,45+,46-,47-,49+;/m1./s1. The Kier molecular flexibility index (Phi) is 18.4. The molecule has 7 rings (SSSR count). The Labute approximate surface area is 397 Å². The van der Waals surface area contributed by atoms with Crippen LogP contribution in [-0.2, 0) is 54.0 Å². The maximum atomic E-state index is 14.9. The monoisotopic (exact) mass is 1010 g/mol. The molecule has 2 N–H and O–H groups in total. The van der Waals surface area contributed by atoms with Gasteiger partial charge in [-0.15, -0.1) is 0 Å². The number of hydrogen-bond acceptors (Lipinski definition) is 12. The largest absolute Gasteiger partial charge is 1.00 e. The molecule has 6 aliphatic rings. The van der Waals surface area contributed by atoms with E-state index in [4.69, 9.17) is 43.6 Å². The van der Waals surface area contributed by atoms with Gasteiger partial charge in [-0.1, -0.05) is 32.1 Å². The van der Waals surface area contributed by atoms with Crippen molar-refractivity contribution in [3.8, 4) is 0 Å². The molecule has 15 heteroatoms. The molecule has 14 nitrogen and oxygen atoms in total. The van der Waals surface area contributed by atoms with Gasteiger partial charge in [0, 0.05) is 58.2 Å². The van der Waals surface area contributed by atoms with Gasteiger partial charge in [0.05, 0.1) is 30.8 Å². The molecule has 3 aliphatic carbocycles. The van der Waals surface area contributed by atoms with Crippen LogP contribution in [0.4, 0.5) is 0 Å². The van der Waals surface area contributed by atoms with E-state index in [1.165, 1.54) is 0 Å². The molecule has 64 heavy (non-hydrogen) atoms. The van der Waals surface area contributed by atoms with Gasteiger partial charge in [-0.2, -0.15) is 0 Å². The summed E-state index contributed by atoms with van der Waals surface area (Å²) in [6, 6.07) is 3.79. The topological polar surface area (TPSA) is 158 Å². The van der Waals surface area contributed by atoms with Gasteiger partial charge in [-0.05, 0) is 108 Å². The van der Waals surface area contributed by atoms with Crippen molar-refractivity contribution in [1.82, 2.24) is 4.90 Å². The number of ketones is 1. The van der Waals surface area contributed by atoms with Gasteiger partial charge in [0.15, 0.2) is 30.8 Å². The molecule has 1 saturated carbocycles. The van der Waals surface area contributed by atoms with Crippen molar-refractivity contribution < 1.29 is 80.8 Å². The lowest BCUT2D eigenvalue weighted by Crippen LogP contribution is -3.00. The number of esters is 1. The highest BCUT2D eigenvalue weighted by Gasteiger charge is 2.53. The summed E-state index contributed by atoms with van der Waals surface area (Å²) < 4.78 is 52.1. The molecule has 1 amide bonds. The van der Waals surface area contributed by atoms with Crippen molar-refractivity contribution in [3.05, 3.63) is 53.9 Å². The summed E-state index contributed by atoms with van der Waals surface area (Å²) in [5.74, 6) is -0.665. The molecule has 4 fully saturated rings. The maximum absolute atomic E-state index is 14.9. The normalized spacial score (nSPS) is 39.1. The van der Waals surface area contributed by atoms with Crippen LogP contribution in [0.1, 0.15) is 102 Å². The average molecular weight is 1010 g/mol. The second-order valence-electron chi connectivity index (χ2n) is 19.1. The maximum Gasteiger partial charge on any atom is 0.306 e. The summed E-state index contributed by atoms with van der Waals surface area (Å²) >= 11 is 0. The number of Topliss-reactive ketones (excluding diaryl/α,β-unsaturated/α-hetero) is 1. The van der Waals surface area contributed by atoms with Crippen molar-refractivity contribution in [1.29, 1.82) is 0 Å². The van der Waals surface area contributed by atoms with Crippen molar-refractivity contribution in [2.45, 2.75) is 166 Å². The fourth-order valence-corrected chi connectivity index (χ4v) is 11.8. The third-order valence-electron chi connectivity index (χ3n) is 15.2. The highest BCUT2D eigenvalue weighted by molar-refractivity contribution is 5.99. The molecule has 3 aliphatic heterocycles. The fraction of sp³-hybridized carbons (Fsp3) is 0.755. The van der Waals surface area contributed by atoms with E-state index >= 15 is 0 Å². The molecular weight excluding hydrogens is 933 g/mol. The van der Waals surface area contributed by atoms with Gasteiger partial charge in [0.25, 0.3) is 5.91 Å². The summed E-state index contributed by atoms with van der Waals surface area (Å²) in [7, 11) is 7.09. The van der Waals surface area contributed by atoms with E-state index in [0.717, 1.165) is 70.0 Å². The van der Waals surface area contributed by atoms with Crippen molar-refractivity contribution in [3.63, 3.8) is 0 Å². The minimum atomic E-state index is -0.614. The van der Waals surface area contributed by atoms with E-state index in [2.05, 4.69) is 44.0 Å². The van der Waals surface area contributed by atoms with Crippen LogP contribution in [-0.4, -0.2) is 125 Å². The number of carbonyl (C=O) groups is 3. The number of likely N-dealkylation sites (N-methyl/N-ethyl adjacent to an activating group) is 1. The number of amides is 1. The first kappa shape index (κ1) is 51.0. The molecule has 1 aromatic heterocycles. The molecule has 0 radical (unpaired) electrons. The molecule has 4 heterocycles. The molecular formula is C49H74IN3O11. The van der Waals surface area contributed by atoms with Crippen LogP contribution < -0.4 is 34.3 Å². The van der Waals surface area contributed by atoms with Crippen LogP contribution in [0.15, 0.2) is 48.3 Å². The minimum absolute atomic E-state index is 0. The number of pyridine rings is 1. The molecule has 1 aromatic rings. The van der Waals surface area contributed by atoms with Crippen LogP contribution >= 0.6 is 0 Å². The highest BCUT2D eigenvalue weighted by Crippen LogP contribution is 2.54. The Hall–Kier alpha value is -2.35. The molecule has 17 atom stereocenters. The number of hydrogen-bond donors (Lipinski definition) is 1. The summed E-state index contributed by atoms with van der Waals surface area (Å²) in [5.41, 5.74) is 6.72. The van der Waals surface area contributed by atoms with Gasteiger partial charge in [-0.25, -0.2) is 4.57 Å². The molecule has 358 valence electrons. The zero-order valence-corrected chi connectivity index (χ0v) is 41.3. The Morgan fingerprint density at radius 2 is 1.69 bits per heavy atom. The Morgan fingerprint density at radius 1 is 0.922 bits per heavy atom. The summed E-state index contributed by atoms with van der Waals surface area (Å²) in [4.78, 5) is 42.5. The third-order valence-corrected chi connectivity index (χ3v) is 15.2. The number of primary amides is 1. The SMILES string of the molecule is CC[C@H]1CCC[C@H](O[C@H]2CC[C@H](N(C)CCC[n+]3cccc(C(N)=O)c3)[C@@H](C)O2)[C@@H](C)C(=O)C2=C[C@@H]3[C@@H](C=C[C@@H]4C[C@@H](O[C@@H]5O[C@@H](C)[C@H](OC)[C@@H](OC)[C@H]5OC)C[C@@H]34)[C@@H]2CC(=O)O1.[I-]. The second-order valence-corrected chi connectivity index (χ2v) is 19.1. The van der Waals surface area contributed by atoms with Crippen LogP contribution in [0.5, 0.6) is 0 Å². The van der Waals surface area contributed by atoms with Crippen molar-refractivity contribution in [2.24, 2.45) is 41.2 Å². The Bertz CT molecular complexity index is 1800. The van der Waals surface area contributed by atoms with E-state index in [0.29, 0.717) is 12.0 Å². The van der Waals surface area contributed by atoms with Crippen molar-refractivity contribution in [2.75, 3.05) is 34.9 Å². The zero-order valence-electron chi connectivity index (χ0n) is 39.2. The molecule has 3 saturated heterocycles. The van der Waals surface area contributed by atoms with Gasteiger partial charge < -0.3 is 72.5 Å². The van der Waals surface area contributed by atoms with Crippen LogP contribution in [0.3, 0.4) is 0 Å². The van der Waals surface area contributed by atoms with E-state index < -0.39 is 30.5 Å². The number of nitrogens with zero attached hydrogens (tertiary/aromatic N) is 2. The molecule has 0 unspecified atom stereocenters. The number of ether oxygens (including phenoxy) is 8. The lowest BCUT2D eigenvalue weighted by atomic mass is 9.70. The summed E-state index contributed by atoms with van der Waals surface area (Å²) in [6.07, 6.45) is 14.7. The summed E-state index contributed by atoms with van der Waals surface area (Å²) in [5, 5.41) is 0. The first-order valence-electron chi connectivity index (χ1n) is 23.7. The Balaban J connectivity index is 0.00000680. The number of aryl methyl sites for hydroxylation is 1. The number of aromatic nitrogens is 1. The van der Waals surface area contributed by atoms with Gasteiger partial charge in [0.1, 0.15) is 36.5 Å². The molecule has 0 spiro atoms. The van der Waals surface area contributed by atoms with E-state index in [9.17, 15) is 14.4 Å². The number of methoxy groups -OCH3 is 3. The van der Waals surface area contributed by atoms with Crippen LogP contribution in [0.25, 0.3) is 0 Å². The highest BCUT2D eigenvalue weighted by atomic mass is 127. The lowest BCUT2D eigenvalue weighted by Gasteiger charge is -2.44. The number of carbonyl (C=O) groups excluding carboxylic acids is 3. The number of halogens is 1. The average Bonchev–Trinajstić information content (AvgIpc) is 3.85. The van der Waals surface area contributed by atoms with E-state index in [-0.39, 0.29) is 121 Å². The second kappa shape index (κ2) is 23.1. The zero-order chi connectivity index (χ0) is 44.9. The quantitative estimate of drug-likeness (QED) is 0.126. The molecule has 0 bridgehead atoms. The van der Waals surface area contributed by atoms with Gasteiger partial charge in [-0.3, -0.25) is 14.4 Å². The number of rotatable bonds is 14. The minimum Gasteiger partial charge on any atom is -1.00 e. The predicted octanol–water partition coefficient (Wildman–Crippen LogP) is 2.34. The fourth-order valence-electron chi connectivity index (χ4n) is 11.8. The smallest absolute Gasteiger partial charge is 0.306 e. The van der Waals surface area contributed by atoms with Crippen LogP contribution in [0, 0.1) is 35.5 Å². The number of fused-ring (bicyclic) bond motifs is 5. The number of cyclic esters (lactones) is 1. The first-order valence-corrected chi connectivity index (χ1v) is 23.7. The Morgan fingerprint density at radius 3 is 2.39 bits per heavy atom. The predicted molar refractivity (Wildman–Crippen MR) is 233 cm³/mol. The van der Waals surface area contributed by atoms with Gasteiger partial charge >= 0.3 is 5.97 Å².